The Morgan fingerprint density at radius 2 is 2.35 bits per heavy atom. The predicted molar refractivity (Wildman–Crippen MR) is 82.4 cm³/mol. The Morgan fingerprint density at radius 1 is 1.50 bits per heavy atom. The normalized spacial score (nSPS) is 31.6. The largest absolute Gasteiger partial charge is 0.388 e. The standard InChI is InChI=1S/C15H18BrFO2S/c16-13-2-1-11(17)7-12(13)14(18)10-3-5-19-15(8-10)4-6-20-9-15/h1-2,7,10,14,18H,3-6,8-9H2. The smallest absolute Gasteiger partial charge is 0.123 e. The van der Waals surface area contributed by atoms with Crippen molar-refractivity contribution in [1.82, 2.24) is 0 Å². The molecule has 1 N–H and O–H groups in total. The highest BCUT2D eigenvalue weighted by Crippen LogP contribution is 2.44. The van der Waals surface area contributed by atoms with Crippen LogP contribution in [0.1, 0.15) is 30.9 Å². The van der Waals surface area contributed by atoms with Gasteiger partial charge in [0.1, 0.15) is 5.82 Å². The van der Waals surface area contributed by atoms with Gasteiger partial charge >= 0.3 is 0 Å². The number of benzene rings is 1. The van der Waals surface area contributed by atoms with Gasteiger partial charge in [0.15, 0.2) is 0 Å². The van der Waals surface area contributed by atoms with Crippen LogP contribution in [0.15, 0.2) is 22.7 Å². The fraction of sp³-hybridized carbons (Fsp3) is 0.600. The van der Waals surface area contributed by atoms with Gasteiger partial charge in [-0.15, -0.1) is 0 Å². The minimum Gasteiger partial charge on any atom is -0.388 e. The molecule has 3 atom stereocenters. The summed E-state index contributed by atoms with van der Waals surface area (Å²) in [4.78, 5) is 0. The van der Waals surface area contributed by atoms with E-state index in [2.05, 4.69) is 15.9 Å². The van der Waals surface area contributed by atoms with E-state index in [0.717, 1.165) is 35.2 Å². The van der Waals surface area contributed by atoms with Gasteiger partial charge in [0.25, 0.3) is 0 Å². The van der Waals surface area contributed by atoms with Gasteiger partial charge in [-0.3, -0.25) is 0 Å². The van der Waals surface area contributed by atoms with Crippen LogP contribution in [0.5, 0.6) is 0 Å². The number of ether oxygens (including phenoxy) is 1. The third-order valence-electron chi connectivity index (χ3n) is 4.32. The number of rotatable bonds is 2. The molecule has 110 valence electrons. The van der Waals surface area contributed by atoms with Crippen LogP contribution in [0.2, 0.25) is 0 Å². The first kappa shape index (κ1) is 14.8. The average molecular weight is 361 g/mol. The SMILES string of the molecule is OC(c1cc(F)ccc1Br)C1CCOC2(CCSC2)C1. The molecular formula is C15H18BrFO2S. The lowest BCUT2D eigenvalue weighted by Gasteiger charge is -2.39. The third-order valence-corrected chi connectivity index (χ3v) is 6.27. The Balaban J connectivity index is 1.79. The van der Waals surface area contributed by atoms with Crippen LogP contribution in [0, 0.1) is 11.7 Å². The summed E-state index contributed by atoms with van der Waals surface area (Å²) in [6, 6.07) is 4.49. The van der Waals surface area contributed by atoms with Gasteiger partial charge < -0.3 is 9.84 Å². The van der Waals surface area contributed by atoms with E-state index in [1.807, 2.05) is 11.8 Å². The van der Waals surface area contributed by atoms with Crippen LogP contribution in [-0.4, -0.2) is 28.8 Å². The Labute approximate surface area is 131 Å². The van der Waals surface area contributed by atoms with Crippen LogP contribution in [-0.2, 0) is 4.74 Å². The maximum atomic E-state index is 13.4. The minimum atomic E-state index is -0.633. The lowest BCUT2D eigenvalue weighted by atomic mass is 9.80. The summed E-state index contributed by atoms with van der Waals surface area (Å²) < 4.78 is 20.2. The van der Waals surface area contributed by atoms with Gasteiger partial charge in [0, 0.05) is 16.8 Å². The first-order chi connectivity index (χ1) is 9.60. The first-order valence-corrected chi connectivity index (χ1v) is 8.89. The molecule has 1 aromatic carbocycles. The summed E-state index contributed by atoms with van der Waals surface area (Å²) in [5.41, 5.74) is 0.590. The highest BCUT2D eigenvalue weighted by Gasteiger charge is 2.42. The van der Waals surface area contributed by atoms with E-state index in [0.29, 0.717) is 12.2 Å². The molecule has 2 nitrogen and oxygen atoms in total. The molecule has 1 spiro atoms. The summed E-state index contributed by atoms with van der Waals surface area (Å²) in [6.07, 6.45) is 2.12. The van der Waals surface area contributed by atoms with Crippen molar-refractivity contribution in [2.45, 2.75) is 31.0 Å². The van der Waals surface area contributed by atoms with E-state index in [-0.39, 0.29) is 17.3 Å². The maximum Gasteiger partial charge on any atom is 0.123 e. The fourth-order valence-corrected chi connectivity index (χ4v) is 5.05. The molecular weight excluding hydrogens is 343 g/mol. The fourth-order valence-electron chi connectivity index (χ4n) is 3.19. The second-order valence-electron chi connectivity index (χ2n) is 5.70. The van der Waals surface area contributed by atoms with Crippen molar-refractivity contribution in [2.24, 2.45) is 5.92 Å². The Morgan fingerprint density at radius 3 is 3.10 bits per heavy atom. The first-order valence-electron chi connectivity index (χ1n) is 6.94. The monoisotopic (exact) mass is 360 g/mol. The van der Waals surface area contributed by atoms with E-state index in [4.69, 9.17) is 4.74 Å². The highest BCUT2D eigenvalue weighted by molar-refractivity contribution is 9.10. The quantitative estimate of drug-likeness (QED) is 0.866. The third kappa shape index (κ3) is 2.91. The van der Waals surface area contributed by atoms with Gasteiger partial charge in [-0.2, -0.15) is 11.8 Å². The Hall–Kier alpha value is -0.100. The summed E-state index contributed by atoms with van der Waals surface area (Å²) in [5.74, 6) is 1.98. The molecule has 5 heteroatoms. The van der Waals surface area contributed by atoms with Crippen LogP contribution in [0.4, 0.5) is 4.39 Å². The van der Waals surface area contributed by atoms with Crippen molar-refractivity contribution in [3.63, 3.8) is 0 Å². The van der Waals surface area contributed by atoms with E-state index >= 15 is 0 Å². The molecule has 0 aliphatic carbocycles. The molecule has 2 fully saturated rings. The van der Waals surface area contributed by atoms with Crippen LogP contribution >= 0.6 is 27.7 Å². The molecule has 2 aliphatic heterocycles. The molecule has 1 aromatic rings. The number of hydrogen-bond donors (Lipinski definition) is 1. The van der Waals surface area contributed by atoms with Gasteiger partial charge in [-0.1, -0.05) is 15.9 Å². The number of aliphatic hydroxyl groups excluding tert-OH is 1. The Bertz CT molecular complexity index is 491. The van der Waals surface area contributed by atoms with Gasteiger partial charge in [0.2, 0.25) is 0 Å². The van der Waals surface area contributed by atoms with Crippen molar-refractivity contribution in [3.8, 4) is 0 Å². The lowest BCUT2D eigenvalue weighted by molar-refractivity contribution is -0.102. The number of hydrogen-bond acceptors (Lipinski definition) is 3. The van der Waals surface area contributed by atoms with Crippen LogP contribution < -0.4 is 0 Å². The second kappa shape index (κ2) is 5.95. The predicted octanol–water partition coefficient (Wildman–Crippen LogP) is 3.92. The van der Waals surface area contributed by atoms with Crippen LogP contribution in [0.25, 0.3) is 0 Å². The molecule has 0 radical (unpaired) electrons. The molecule has 0 saturated carbocycles. The molecule has 0 bridgehead atoms. The molecule has 3 rings (SSSR count). The molecule has 2 saturated heterocycles. The van der Waals surface area contributed by atoms with Gasteiger partial charge in [-0.05, 0) is 54.7 Å². The van der Waals surface area contributed by atoms with E-state index < -0.39 is 6.10 Å². The molecule has 0 aromatic heterocycles. The topological polar surface area (TPSA) is 29.5 Å². The average Bonchev–Trinajstić information content (AvgIpc) is 2.88. The Kier molecular flexibility index (Phi) is 4.41. The number of halogens is 2. The maximum absolute atomic E-state index is 13.4. The molecule has 2 aliphatic rings. The molecule has 2 heterocycles. The summed E-state index contributed by atoms with van der Waals surface area (Å²) in [5, 5.41) is 10.6. The second-order valence-corrected chi connectivity index (χ2v) is 7.66. The van der Waals surface area contributed by atoms with E-state index in [1.165, 1.54) is 12.1 Å². The highest BCUT2D eigenvalue weighted by atomic mass is 79.9. The van der Waals surface area contributed by atoms with Crippen molar-refractivity contribution < 1.29 is 14.2 Å². The molecule has 20 heavy (non-hydrogen) atoms. The van der Waals surface area contributed by atoms with Crippen molar-refractivity contribution in [1.29, 1.82) is 0 Å². The zero-order valence-electron chi connectivity index (χ0n) is 11.1. The van der Waals surface area contributed by atoms with Crippen molar-refractivity contribution >= 4 is 27.7 Å². The summed E-state index contributed by atoms with van der Waals surface area (Å²) in [7, 11) is 0. The van der Waals surface area contributed by atoms with Gasteiger partial charge in [0.05, 0.1) is 11.7 Å². The summed E-state index contributed by atoms with van der Waals surface area (Å²) in [6.45, 7) is 0.690. The van der Waals surface area contributed by atoms with Crippen LogP contribution in [0.3, 0.4) is 0 Å². The van der Waals surface area contributed by atoms with E-state index in [9.17, 15) is 9.50 Å². The van der Waals surface area contributed by atoms with E-state index in [1.54, 1.807) is 6.07 Å². The number of aliphatic hydroxyl groups is 1. The summed E-state index contributed by atoms with van der Waals surface area (Å²) >= 11 is 5.33. The molecule has 3 unspecified atom stereocenters. The van der Waals surface area contributed by atoms with Gasteiger partial charge in [-0.25, -0.2) is 4.39 Å². The lowest BCUT2D eigenvalue weighted by Crippen LogP contribution is -2.41. The van der Waals surface area contributed by atoms with Crippen molar-refractivity contribution in [3.05, 3.63) is 34.1 Å². The molecule has 0 amide bonds. The zero-order valence-corrected chi connectivity index (χ0v) is 13.6. The minimum absolute atomic E-state index is 0.0611. The number of thioether (sulfide) groups is 1. The zero-order chi connectivity index (χ0) is 14.2. The van der Waals surface area contributed by atoms with Crippen molar-refractivity contribution in [2.75, 3.05) is 18.1 Å².